The zero-order valence-corrected chi connectivity index (χ0v) is 20.3. The predicted molar refractivity (Wildman–Crippen MR) is 138 cm³/mol. The van der Waals surface area contributed by atoms with E-state index in [4.69, 9.17) is 10.7 Å². The van der Waals surface area contributed by atoms with Gasteiger partial charge in [-0.25, -0.2) is 15.0 Å². The normalized spacial score (nSPS) is 22.4. The standard InChI is InChI=1S/C26H29BrN6/c27-22-13-19-7-5-17(12-23(19)32-25(22)29-14-18-3-4-18)2-1-16-6-8-20(11-16)33-10-9-21-24(28)30-15-31-26(21)33/h1-2,5,7,12-13,15-16,18,20H,3-4,6,8-11,14H2,(H,29,32)(H2,28,30,31)/b2-1+/t16-,20-/m1/s1. The Bertz CT molecular complexity index is 1220. The van der Waals surface area contributed by atoms with Crippen molar-refractivity contribution in [1.82, 2.24) is 15.0 Å². The highest BCUT2D eigenvalue weighted by molar-refractivity contribution is 9.10. The van der Waals surface area contributed by atoms with Crippen LogP contribution < -0.4 is 16.0 Å². The summed E-state index contributed by atoms with van der Waals surface area (Å²) in [7, 11) is 0. The van der Waals surface area contributed by atoms with E-state index in [1.165, 1.54) is 31.2 Å². The molecule has 33 heavy (non-hydrogen) atoms. The van der Waals surface area contributed by atoms with Crippen molar-refractivity contribution < 1.29 is 0 Å². The van der Waals surface area contributed by atoms with E-state index in [1.54, 1.807) is 6.33 Å². The highest BCUT2D eigenvalue weighted by Crippen LogP contribution is 2.38. The minimum absolute atomic E-state index is 0.533. The Morgan fingerprint density at radius 3 is 2.94 bits per heavy atom. The van der Waals surface area contributed by atoms with Gasteiger partial charge >= 0.3 is 0 Å². The number of fused-ring (bicyclic) bond motifs is 2. The highest BCUT2D eigenvalue weighted by Gasteiger charge is 2.33. The maximum atomic E-state index is 6.06. The van der Waals surface area contributed by atoms with Crippen molar-refractivity contribution in [2.45, 2.75) is 44.6 Å². The van der Waals surface area contributed by atoms with E-state index >= 15 is 0 Å². The third kappa shape index (κ3) is 4.31. The maximum Gasteiger partial charge on any atom is 0.141 e. The van der Waals surface area contributed by atoms with E-state index < -0.39 is 0 Å². The first-order chi connectivity index (χ1) is 16.1. The molecular formula is C26H29BrN6. The predicted octanol–water partition coefficient (Wildman–Crippen LogP) is 5.44. The minimum atomic E-state index is 0.533. The van der Waals surface area contributed by atoms with Crippen LogP contribution in [0.2, 0.25) is 0 Å². The average molecular weight is 505 g/mol. The number of allylic oxidation sites excluding steroid dienone is 1. The van der Waals surface area contributed by atoms with E-state index in [0.29, 0.717) is 17.8 Å². The monoisotopic (exact) mass is 504 g/mol. The number of halogens is 1. The average Bonchev–Trinajstić information content (AvgIpc) is 3.35. The molecule has 3 N–H and O–H groups in total. The second-order valence-corrected chi connectivity index (χ2v) is 10.5. The molecule has 6 rings (SSSR count). The molecule has 3 heterocycles. The van der Waals surface area contributed by atoms with Crippen LogP contribution in [-0.2, 0) is 6.42 Å². The van der Waals surface area contributed by atoms with Crippen LogP contribution in [0.5, 0.6) is 0 Å². The van der Waals surface area contributed by atoms with Crippen molar-refractivity contribution in [1.29, 1.82) is 0 Å². The molecular weight excluding hydrogens is 476 g/mol. The molecule has 2 aromatic heterocycles. The summed E-state index contributed by atoms with van der Waals surface area (Å²) in [6, 6.07) is 9.25. The quantitative estimate of drug-likeness (QED) is 0.465. The molecule has 3 aromatic rings. The van der Waals surface area contributed by atoms with E-state index in [9.17, 15) is 0 Å². The van der Waals surface area contributed by atoms with Crippen LogP contribution in [0.3, 0.4) is 0 Å². The van der Waals surface area contributed by atoms with Gasteiger partial charge in [-0.15, -0.1) is 0 Å². The van der Waals surface area contributed by atoms with Crippen LogP contribution in [0.25, 0.3) is 17.0 Å². The second-order valence-electron chi connectivity index (χ2n) is 9.69. The topological polar surface area (TPSA) is 80.0 Å². The summed E-state index contributed by atoms with van der Waals surface area (Å²) in [5, 5.41) is 4.67. The lowest BCUT2D eigenvalue weighted by Gasteiger charge is -2.25. The van der Waals surface area contributed by atoms with Gasteiger partial charge < -0.3 is 16.0 Å². The van der Waals surface area contributed by atoms with Gasteiger partial charge in [0.2, 0.25) is 0 Å². The van der Waals surface area contributed by atoms with Crippen molar-refractivity contribution in [3.05, 3.63) is 52.3 Å². The summed E-state index contributed by atoms with van der Waals surface area (Å²) in [6.07, 6.45) is 13.4. The van der Waals surface area contributed by atoms with Crippen molar-refractivity contribution in [2.75, 3.05) is 29.0 Å². The number of rotatable bonds is 6. The number of nitrogens with zero attached hydrogens (tertiary/aromatic N) is 4. The van der Waals surface area contributed by atoms with E-state index in [1.807, 2.05) is 0 Å². The number of nitrogen functional groups attached to an aromatic ring is 1. The van der Waals surface area contributed by atoms with Crippen molar-refractivity contribution in [2.24, 2.45) is 11.8 Å². The molecule has 2 fully saturated rings. The largest absolute Gasteiger partial charge is 0.383 e. The number of aromatic nitrogens is 3. The van der Waals surface area contributed by atoms with Gasteiger partial charge in [0.15, 0.2) is 0 Å². The smallest absolute Gasteiger partial charge is 0.141 e. The van der Waals surface area contributed by atoms with Crippen LogP contribution in [0, 0.1) is 11.8 Å². The molecule has 0 amide bonds. The molecule has 6 nitrogen and oxygen atoms in total. The van der Waals surface area contributed by atoms with Crippen molar-refractivity contribution in [3.63, 3.8) is 0 Å². The van der Waals surface area contributed by atoms with Gasteiger partial charge in [0, 0.05) is 30.1 Å². The molecule has 0 unspecified atom stereocenters. The van der Waals surface area contributed by atoms with Crippen LogP contribution in [0.4, 0.5) is 17.5 Å². The lowest BCUT2D eigenvalue weighted by Crippen LogP contribution is -2.32. The number of anilines is 3. The van der Waals surface area contributed by atoms with E-state index in [2.05, 4.69) is 72.5 Å². The Morgan fingerprint density at radius 2 is 2.06 bits per heavy atom. The molecule has 0 radical (unpaired) electrons. The number of nitrogens with two attached hydrogens (primary N) is 1. The fourth-order valence-corrected chi connectivity index (χ4v) is 5.72. The fourth-order valence-electron chi connectivity index (χ4n) is 5.24. The number of benzene rings is 1. The zero-order valence-electron chi connectivity index (χ0n) is 18.7. The Morgan fingerprint density at radius 1 is 1.15 bits per heavy atom. The zero-order chi connectivity index (χ0) is 22.4. The fraction of sp³-hybridized carbons (Fsp3) is 0.423. The number of hydrogen-bond donors (Lipinski definition) is 2. The summed E-state index contributed by atoms with van der Waals surface area (Å²) in [5.41, 5.74) is 9.43. The summed E-state index contributed by atoms with van der Waals surface area (Å²) in [6.45, 7) is 2.02. The molecule has 7 heteroatoms. The molecule has 0 saturated heterocycles. The van der Waals surface area contributed by atoms with Crippen LogP contribution >= 0.6 is 15.9 Å². The number of nitrogens with one attached hydrogen (secondary N) is 1. The number of pyridine rings is 1. The summed E-state index contributed by atoms with van der Waals surface area (Å²) in [5.74, 6) is 4.04. The summed E-state index contributed by atoms with van der Waals surface area (Å²) < 4.78 is 1.03. The van der Waals surface area contributed by atoms with E-state index in [0.717, 1.165) is 64.4 Å². The second kappa shape index (κ2) is 8.60. The molecule has 1 aromatic carbocycles. The summed E-state index contributed by atoms with van der Waals surface area (Å²) in [4.78, 5) is 16.0. The van der Waals surface area contributed by atoms with Crippen LogP contribution in [0.15, 0.2) is 41.1 Å². The maximum absolute atomic E-state index is 6.06. The SMILES string of the molecule is Nc1ncnc2c1CCN2[C@@H]1CC[C@@H](/C=C/c2ccc3cc(Br)c(NCC4CC4)nc3c2)C1. The molecule has 3 aliphatic rings. The van der Waals surface area contributed by atoms with Gasteiger partial charge in [0.25, 0.3) is 0 Å². The Kier molecular flexibility index (Phi) is 5.45. The first-order valence-corrected chi connectivity index (χ1v) is 12.8. The van der Waals surface area contributed by atoms with Gasteiger partial charge in [-0.3, -0.25) is 0 Å². The molecule has 0 bridgehead atoms. The Hall–Kier alpha value is -2.67. The van der Waals surface area contributed by atoms with Gasteiger partial charge in [0.05, 0.1) is 9.99 Å². The molecule has 1 aliphatic heterocycles. The summed E-state index contributed by atoms with van der Waals surface area (Å²) >= 11 is 3.67. The Labute approximate surface area is 202 Å². The Balaban J connectivity index is 1.14. The lowest BCUT2D eigenvalue weighted by atomic mass is 10.0. The molecule has 170 valence electrons. The van der Waals surface area contributed by atoms with E-state index in [-0.39, 0.29) is 0 Å². The van der Waals surface area contributed by atoms with Crippen molar-refractivity contribution >= 4 is 50.4 Å². The number of hydrogen-bond acceptors (Lipinski definition) is 6. The van der Waals surface area contributed by atoms with Crippen molar-refractivity contribution in [3.8, 4) is 0 Å². The van der Waals surface area contributed by atoms with Gasteiger partial charge in [-0.05, 0) is 84.0 Å². The minimum Gasteiger partial charge on any atom is -0.383 e. The highest BCUT2D eigenvalue weighted by atomic mass is 79.9. The van der Waals surface area contributed by atoms with Crippen LogP contribution in [-0.4, -0.2) is 34.1 Å². The molecule has 0 spiro atoms. The third-order valence-corrected chi connectivity index (χ3v) is 7.93. The molecule has 2 saturated carbocycles. The first kappa shape index (κ1) is 20.9. The molecule has 2 aliphatic carbocycles. The third-order valence-electron chi connectivity index (χ3n) is 7.33. The van der Waals surface area contributed by atoms with Crippen LogP contribution in [0.1, 0.15) is 43.2 Å². The molecule has 2 atom stereocenters. The van der Waals surface area contributed by atoms with Gasteiger partial charge in [0.1, 0.15) is 23.8 Å². The lowest BCUT2D eigenvalue weighted by molar-refractivity contribution is 0.599. The van der Waals surface area contributed by atoms with Gasteiger partial charge in [-0.2, -0.15) is 0 Å². The van der Waals surface area contributed by atoms with Gasteiger partial charge in [-0.1, -0.05) is 24.3 Å². The first-order valence-electron chi connectivity index (χ1n) is 12.0.